The molecular formula is C22H32O2. The quantitative estimate of drug-likeness (QED) is 0.192. The molecule has 24 heavy (non-hydrogen) atoms. The number of rotatable bonds is 13. The van der Waals surface area contributed by atoms with Crippen molar-refractivity contribution in [3.05, 3.63) is 48.6 Å². The molecule has 1 aromatic rings. The number of ketones is 2. The number of Topliss-reactive ketones (excluding diaryl/α,β-unsaturated/α-hetero) is 2. The van der Waals surface area contributed by atoms with Crippen LogP contribution in [0.25, 0.3) is 0 Å². The molecule has 0 N–H and O–H groups in total. The molecule has 2 atom stereocenters. The summed E-state index contributed by atoms with van der Waals surface area (Å²) in [6, 6.07) is 9.12. The Labute approximate surface area is 147 Å². The molecule has 0 aromatic heterocycles. The first kappa shape index (κ1) is 20.3. The first-order valence-corrected chi connectivity index (χ1v) is 9.34. The molecule has 0 bridgehead atoms. The molecule has 132 valence electrons. The minimum Gasteiger partial charge on any atom is -0.299 e. The van der Waals surface area contributed by atoms with E-state index in [0.717, 1.165) is 19.3 Å². The van der Waals surface area contributed by atoms with Crippen LogP contribution in [-0.4, -0.2) is 11.6 Å². The van der Waals surface area contributed by atoms with Crippen molar-refractivity contribution in [2.24, 2.45) is 11.8 Å². The van der Waals surface area contributed by atoms with Crippen molar-refractivity contribution in [2.75, 3.05) is 0 Å². The number of allylic oxidation sites excluding steroid dienone is 1. The van der Waals surface area contributed by atoms with Gasteiger partial charge in [0.05, 0.1) is 5.92 Å². The molecule has 2 unspecified atom stereocenters. The average molecular weight is 328 g/mol. The normalized spacial score (nSPS) is 13.2. The molecule has 0 saturated carbocycles. The zero-order valence-corrected chi connectivity index (χ0v) is 15.3. The molecule has 0 amide bonds. The Morgan fingerprint density at radius 1 is 1.00 bits per heavy atom. The lowest BCUT2D eigenvalue weighted by molar-refractivity contribution is -0.120. The van der Waals surface area contributed by atoms with E-state index in [0.29, 0.717) is 5.56 Å². The molecule has 1 rings (SSSR count). The monoisotopic (exact) mass is 328 g/mol. The second kappa shape index (κ2) is 11.8. The van der Waals surface area contributed by atoms with Crippen LogP contribution in [-0.2, 0) is 4.79 Å². The van der Waals surface area contributed by atoms with Crippen LogP contribution in [0, 0.1) is 11.8 Å². The van der Waals surface area contributed by atoms with Gasteiger partial charge in [-0.1, -0.05) is 88.3 Å². The number of hydrogen-bond donors (Lipinski definition) is 0. The lowest BCUT2D eigenvalue weighted by atomic mass is 9.80. The molecule has 2 heteroatoms. The maximum atomic E-state index is 12.7. The lowest BCUT2D eigenvalue weighted by Gasteiger charge is -2.21. The van der Waals surface area contributed by atoms with E-state index >= 15 is 0 Å². The van der Waals surface area contributed by atoms with Crippen molar-refractivity contribution in [3.8, 4) is 0 Å². The second-order valence-corrected chi connectivity index (χ2v) is 6.63. The largest absolute Gasteiger partial charge is 0.299 e. The highest BCUT2D eigenvalue weighted by Gasteiger charge is 2.30. The smallest absolute Gasteiger partial charge is 0.173 e. The van der Waals surface area contributed by atoms with Gasteiger partial charge in [0.15, 0.2) is 5.78 Å². The zero-order chi connectivity index (χ0) is 17.8. The van der Waals surface area contributed by atoms with Crippen molar-refractivity contribution in [2.45, 2.75) is 65.2 Å². The summed E-state index contributed by atoms with van der Waals surface area (Å²) in [7, 11) is 0. The van der Waals surface area contributed by atoms with Crippen molar-refractivity contribution >= 4 is 11.6 Å². The molecule has 0 aliphatic carbocycles. The third kappa shape index (κ3) is 6.82. The summed E-state index contributed by atoms with van der Waals surface area (Å²) in [4.78, 5) is 24.8. The van der Waals surface area contributed by atoms with E-state index in [-0.39, 0.29) is 17.5 Å². The van der Waals surface area contributed by atoms with Gasteiger partial charge >= 0.3 is 0 Å². The summed E-state index contributed by atoms with van der Waals surface area (Å²) in [5.74, 6) is -0.788. The molecule has 0 aliphatic heterocycles. The zero-order valence-electron chi connectivity index (χ0n) is 15.3. The second-order valence-electron chi connectivity index (χ2n) is 6.63. The Bertz CT molecular complexity index is 504. The predicted octanol–water partition coefficient (Wildman–Crippen LogP) is 6.02. The Morgan fingerprint density at radius 3 is 2.12 bits per heavy atom. The van der Waals surface area contributed by atoms with Gasteiger partial charge in [0.25, 0.3) is 0 Å². The molecule has 0 spiro atoms. The minimum absolute atomic E-state index is 0.0586. The van der Waals surface area contributed by atoms with E-state index in [1.807, 2.05) is 18.2 Å². The number of hydrogen-bond acceptors (Lipinski definition) is 2. The third-order valence-corrected chi connectivity index (χ3v) is 4.65. The van der Waals surface area contributed by atoms with Gasteiger partial charge in [-0.3, -0.25) is 9.59 Å². The first-order valence-electron chi connectivity index (χ1n) is 9.34. The van der Waals surface area contributed by atoms with Crippen LogP contribution in [0.3, 0.4) is 0 Å². The van der Waals surface area contributed by atoms with Crippen LogP contribution in [0.1, 0.15) is 75.6 Å². The molecule has 0 aliphatic rings. The first-order chi connectivity index (χ1) is 11.6. The fourth-order valence-electron chi connectivity index (χ4n) is 3.22. The number of carbonyl (C=O) groups excluding carboxylic acids is 2. The minimum atomic E-state index is -0.593. The van der Waals surface area contributed by atoms with Crippen LogP contribution < -0.4 is 0 Å². The maximum absolute atomic E-state index is 12.7. The SMILES string of the molecule is C=CC(CCCCCCCCC)C(C(C)=O)C(=O)c1ccccc1. The molecule has 0 radical (unpaired) electrons. The van der Waals surface area contributed by atoms with E-state index in [2.05, 4.69) is 13.5 Å². The van der Waals surface area contributed by atoms with Crippen LogP contribution in [0.5, 0.6) is 0 Å². The topological polar surface area (TPSA) is 34.1 Å². The van der Waals surface area contributed by atoms with E-state index < -0.39 is 5.92 Å². The predicted molar refractivity (Wildman–Crippen MR) is 101 cm³/mol. The Morgan fingerprint density at radius 2 is 1.58 bits per heavy atom. The molecule has 0 saturated heterocycles. The van der Waals surface area contributed by atoms with Gasteiger partial charge in [-0.15, -0.1) is 6.58 Å². The summed E-state index contributed by atoms with van der Waals surface area (Å²) in [6.45, 7) is 7.62. The highest BCUT2D eigenvalue weighted by Crippen LogP contribution is 2.25. The molecule has 2 nitrogen and oxygen atoms in total. The van der Waals surface area contributed by atoms with Gasteiger partial charge in [-0.05, 0) is 19.3 Å². The van der Waals surface area contributed by atoms with Crippen molar-refractivity contribution in [3.63, 3.8) is 0 Å². The summed E-state index contributed by atoms with van der Waals surface area (Å²) < 4.78 is 0. The summed E-state index contributed by atoms with van der Waals surface area (Å²) in [5.41, 5.74) is 0.615. The number of unbranched alkanes of at least 4 members (excludes halogenated alkanes) is 6. The van der Waals surface area contributed by atoms with Crippen LogP contribution in [0.2, 0.25) is 0 Å². The van der Waals surface area contributed by atoms with E-state index in [9.17, 15) is 9.59 Å². The molecule has 0 heterocycles. The van der Waals surface area contributed by atoms with E-state index in [4.69, 9.17) is 0 Å². The van der Waals surface area contributed by atoms with Gasteiger partial charge < -0.3 is 0 Å². The van der Waals surface area contributed by atoms with Gasteiger partial charge in [0, 0.05) is 5.56 Å². The number of benzene rings is 1. The summed E-state index contributed by atoms with van der Waals surface area (Å²) >= 11 is 0. The van der Waals surface area contributed by atoms with E-state index in [1.165, 1.54) is 39.0 Å². The fraction of sp³-hybridized carbons (Fsp3) is 0.545. The van der Waals surface area contributed by atoms with Gasteiger partial charge in [-0.25, -0.2) is 0 Å². The molecule has 1 aromatic carbocycles. The van der Waals surface area contributed by atoms with Crippen LogP contribution in [0.15, 0.2) is 43.0 Å². The fourth-order valence-corrected chi connectivity index (χ4v) is 3.22. The molecular weight excluding hydrogens is 296 g/mol. The lowest BCUT2D eigenvalue weighted by Crippen LogP contribution is -2.29. The Hall–Kier alpha value is -1.70. The Balaban J connectivity index is 2.56. The van der Waals surface area contributed by atoms with Gasteiger partial charge in [-0.2, -0.15) is 0 Å². The van der Waals surface area contributed by atoms with E-state index in [1.54, 1.807) is 18.2 Å². The van der Waals surface area contributed by atoms with Crippen LogP contribution in [0.4, 0.5) is 0 Å². The summed E-state index contributed by atoms with van der Waals surface area (Å²) in [5, 5.41) is 0. The third-order valence-electron chi connectivity index (χ3n) is 4.65. The van der Waals surface area contributed by atoms with Crippen molar-refractivity contribution < 1.29 is 9.59 Å². The average Bonchev–Trinajstić information content (AvgIpc) is 2.60. The highest BCUT2D eigenvalue weighted by atomic mass is 16.1. The van der Waals surface area contributed by atoms with Crippen molar-refractivity contribution in [1.29, 1.82) is 0 Å². The molecule has 0 fully saturated rings. The van der Waals surface area contributed by atoms with Gasteiger partial charge in [0.2, 0.25) is 0 Å². The standard InChI is InChI=1S/C22H32O2/c1-4-6-7-8-9-10-12-15-19(5-2)21(18(3)23)22(24)20-16-13-11-14-17-20/h5,11,13-14,16-17,19,21H,2,4,6-10,12,15H2,1,3H3. The maximum Gasteiger partial charge on any atom is 0.173 e. The van der Waals surface area contributed by atoms with Gasteiger partial charge in [0.1, 0.15) is 5.78 Å². The highest BCUT2D eigenvalue weighted by molar-refractivity contribution is 6.10. The summed E-state index contributed by atoms with van der Waals surface area (Å²) in [6.07, 6.45) is 11.3. The Kier molecular flexibility index (Phi) is 9.98. The number of carbonyl (C=O) groups is 2. The van der Waals surface area contributed by atoms with Crippen LogP contribution >= 0.6 is 0 Å². The van der Waals surface area contributed by atoms with Crippen molar-refractivity contribution in [1.82, 2.24) is 0 Å².